The van der Waals surface area contributed by atoms with E-state index in [1.807, 2.05) is 19.2 Å². The fourth-order valence-electron chi connectivity index (χ4n) is 1.82. The Hall–Kier alpha value is -1.89. The number of rotatable bonds is 6. The summed E-state index contributed by atoms with van der Waals surface area (Å²) in [4.78, 5) is 10.1. The third-order valence-electron chi connectivity index (χ3n) is 2.98. The van der Waals surface area contributed by atoms with Crippen LogP contribution < -0.4 is 10.6 Å². The number of hydrogen-bond donors (Lipinski definition) is 2. The van der Waals surface area contributed by atoms with Crippen LogP contribution in [0.25, 0.3) is 0 Å². The molecule has 2 rings (SSSR count). The molecule has 2 aromatic heterocycles. The predicted molar refractivity (Wildman–Crippen MR) is 89.1 cm³/mol. The molecule has 120 valence electrons. The average molecular weight is 321 g/mol. The number of nitrogens with one attached hydrogen (secondary N) is 2. The van der Waals surface area contributed by atoms with Crippen molar-refractivity contribution in [3.8, 4) is 0 Å². The Balaban J connectivity index is 1.93. The fraction of sp³-hybridized carbons (Fsp3) is 0.533. The maximum absolute atomic E-state index is 5.30. The highest BCUT2D eigenvalue weighted by molar-refractivity contribution is 7.11. The van der Waals surface area contributed by atoms with Crippen molar-refractivity contribution in [3.63, 3.8) is 0 Å². The number of hydrogen-bond acceptors (Lipinski definition) is 5. The molecule has 0 aromatic carbocycles. The summed E-state index contributed by atoms with van der Waals surface area (Å²) in [5, 5.41) is 11.6. The van der Waals surface area contributed by atoms with Crippen molar-refractivity contribution in [1.82, 2.24) is 20.8 Å². The van der Waals surface area contributed by atoms with Crippen molar-refractivity contribution in [2.24, 2.45) is 4.99 Å². The zero-order valence-electron chi connectivity index (χ0n) is 13.5. The van der Waals surface area contributed by atoms with Gasteiger partial charge in [-0.2, -0.15) is 0 Å². The van der Waals surface area contributed by atoms with Crippen LogP contribution in [0.3, 0.4) is 0 Å². The fourth-order valence-corrected chi connectivity index (χ4v) is 2.54. The van der Waals surface area contributed by atoms with Gasteiger partial charge in [0.2, 0.25) is 0 Å². The van der Waals surface area contributed by atoms with Gasteiger partial charge in [0, 0.05) is 23.7 Å². The molecule has 0 bridgehead atoms. The predicted octanol–water partition coefficient (Wildman–Crippen LogP) is 2.82. The first-order valence-corrected chi connectivity index (χ1v) is 8.29. The molecular weight excluding hydrogens is 298 g/mol. The summed E-state index contributed by atoms with van der Waals surface area (Å²) in [5.41, 5.74) is 0.960. The van der Waals surface area contributed by atoms with Crippen LogP contribution in [0.1, 0.15) is 48.0 Å². The standard InChI is InChI=1S/C15H23N5OS/c1-5-16-15(19-9-14-17-7-11(4)22-14)18-8-12-6-13(10(2)3)20-21-12/h6-7,10H,5,8-9H2,1-4H3,(H2,16,18,19). The lowest BCUT2D eigenvalue weighted by molar-refractivity contribution is 0.376. The topological polar surface area (TPSA) is 75.3 Å². The van der Waals surface area contributed by atoms with Gasteiger partial charge in [0.05, 0.1) is 12.2 Å². The smallest absolute Gasteiger partial charge is 0.192 e. The molecule has 0 aliphatic carbocycles. The van der Waals surface area contributed by atoms with Crippen molar-refractivity contribution >= 4 is 17.3 Å². The van der Waals surface area contributed by atoms with E-state index in [1.54, 1.807) is 11.3 Å². The zero-order chi connectivity index (χ0) is 15.9. The second-order valence-corrected chi connectivity index (χ2v) is 6.61. The van der Waals surface area contributed by atoms with Crippen LogP contribution in [0.2, 0.25) is 0 Å². The van der Waals surface area contributed by atoms with E-state index in [1.165, 1.54) is 4.88 Å². The number of aryl methyl sites for hydroxylation is 1. The highest BCUT2D eigenvalue weighted by atomic mass is 32.1. The van der Waals surface area contributed by atoms with Crippen LogP contribution >= 0.6 is 11.3 Å². The van der Waals surface area contributed by atoms with Gasteiger partial charge in [0.1, 0.15) is 11.6 Å². The minimum Gasteiger partial charge on any atom is -0.359 e. The second-order valence-electron chi connectivity index (χ2n) is 5.29. The van der Waals surface area contributed by atoms with E-state index in [4.69, 9.17) is 4.52 Å². The van der Waals surface area contributed by atoms with Crippen LogP contribution in [0.5, 0.6) is 0 Å². The summed E-state index contributed by atoms with van der Waals surface area (Å²) >= 11 is 1.68. The van der Waals surface area contributed by atoms with Gasteiger partial charge >= 0.3 is 0 Å². The van der Waals surface area contributed by atoms with E-state index in [-0.39, 0.29) is 0 Å². The maximum atomic E-state index is 5.30. The largest absolute Gasteiger partial charge is 0.359 e. The van der Waals surface area contributed by atoms with Crippen LogP contribution in [-0.2, 0) is 13.1 Å². The zero-order valence-corrected chi connectivity index (χ0v) is 14.3. The lowest BCUT2D eigenvalue weighted by Gasteiger charge is -2.09. The van der Waals surface area contributed by atoms with E-state index in [9.17, 15) is 0 Å². The molecular formula is C15H23N5OS. The molecule has 0 fully saturated rings. The molecule has 0 aliphatic rings. The van der Waals surface area contributed by atoms with E-state index >= 15 is 0 Å². The van der Waals surface area contributed by atoms with Crippen molar-refractivity contribution in [3.05, 3.63) is 33.6 Å². The number of aliphatic imine (C=N–C) groups is 1. The number of guanidine groups is 1. The number of aromatic nitrogens is 2. The molecule has 0 saturated heterocycles. The number of thiazole rings is 1. The molecule has 0 saturated carbocycles. The van der Waals surface area contributed by atoms with Gasteiger partial charge < -0.3 is 15.2 Å². The van der Waals surface area contributed by atoms with Gasteiger partial charge in [-0.25, -0.2) is 9.98 Å². The van der Waals surface area contributed by atoms with E-state index in [0.717, 1.165) is 29.0 Å². The lowest BCUT2D eigenvalue weighted by atomic mass is 10.1. The van der Waals surface area contributed by atoms with Gasteiger partial charge in [0.15, 0.2) is 11.7 Å². The Kier molecular flexibility index (Phi) is 5.94. The van der Waals surface area contributed by atoms with E-state index < -0.39 is 0 Å². The van der Waals surface area contributed by atoms with Crippen molar-refractivity contribution < 1.29 is 4.52 Å². The minimum absolute atomic E-state index is 0.362. The Bertz CT molecular complexity index is 617. The van der Waals surface area contributed by atoms with Crippen LogP contribution in [-0.4, -0.2) is 22.6 Å². The molecule has 22 heavy (non-hydrogen) atoms. The van der Waals surface area contributed by atoms with Gasteiger partial charge in [-0.3, -0.25) is 0 Å². The SMILES string of the molecule is CCNC(=NCc1cc(C(C)C)no1)NCc1ncc(C)s1. The highest BCUT2D eigenvalue weighted by Gasteiger charge is 2.07. The minimum atomic E-state index is 0.362. The van der Waals surface area contributed by atoms with Gasteiger partial charge in [-0.05, 0) is 19.8 Å². The normalized spacial score (nSPS) is 12.0. The van der Waals surface area contributed by atoms with Gasteiger partial charge in [-0.15, -0.1) is 11.3 Å². The molecule has 0 aliphatic heterocycles. The molecule has 2 aromatic rings. The summed E-state index contributed by atoms with van der Waals surface area (Å²) in [6.07, 6.45) is 1.88. The molecule has 7 heteroatoms. The van der Waals surface area contributed by atoms with Crippen molar-refractivity contribution in [2.45, 2.75) is 46.7 Å². The van der Waals surface area contributed by atoms with E-state index in [0.29, 0.717) is 19.0 Å². The summed E-state index contributed by atoms with van der Waals surface area (Å²) < 4.78 is 5.30. The van der Waals surface area contributed by atoms with Gasteiger partial charge in [-0.1, -0.05) is 19.0 Å². The van der Waals surface area contributed by atoms with Crippen molar-refractivity contribution in [2.75, 3.05) is 6.54 Å². The quantitative estimate of drug-likeness (QED) is 0.632. The summed E-state index contributed by atoms with van der Waals surface area (Å²) in [6, 6.07) is 1.96. The third kappa shape index (κ3) is 4.84. The summed E-state index contributed by atoms with van der Waals surface area (Å²) in [7, 11) is 0. The molecule has 2 heterocycles. The average Bonchev–Trinajstić information content (AvgIpc) is 3.11. The number of nitrogens with zero attached hydrogens (tertiary/aromatic N) is 3. The molecule has 0 atom stereocenters. The Morgan fingerprint density at radius 2 is 2.23 bits per heavy atom. The summed E-state index contributed by atoms with van der Waals surface area (Å²) in [6.45, 7) is 10.2. The first-order valence-electron chi connectivity index (χ1n) is 7.47. The Morgan fingerprint density at radius 1 is 1.41 bits per heavy atom. The third-order valence-corrected chi connectivity index (χ3v) is 3.89. The molecule has 0 amide bonds. The van der Waals surface area contributed by atoms with E-state index in [2.05, 4.69) is 46.5 Å². The monoisotopic (exact) mass is 321 g/mol. The Morgan fingerprint density at radius 3 is 2.82 bits per heavy atom. The highest BCUT2D eigenvalue weighted by Crippen LogP contribution is 2.14. The summed E-state index contributed by atoms with van der Waals surface area (Å²) in [5.74, 6) is 1.88. The van der Waals surface area contributed by atoms with Crippen LogP contribution in [0, 0.1) is 6.92 Å². The lowest BCUT2D eigenvalue weighted by Crippen LogP contribution is -2.36. The first kappa shape index (κ1) is 16.5. The first-order chi connectivity index (χ1) is 10.6. The van der Waals surface area contributed by atoms with Crippen LogP contribution in [0.15, 0.2) is 21.8 Å². The van der Waals surface area contributed by atoms with Gasteiger partial charge in [0.25, 0.3) is 0 Å². The molecule has 0 unspecified atom stereocenters. The van der Waals surface area contributed by atoms with Crippen molar-refractivity contribution in [1.29, 1.82) is 0 Å². The van der Waals surface area contributed by atoms with Crippen LogP contribution in [0.4, 0.5) is 0 Å². The maximum Gasteiger partial charge on any atom is 0.192 e. The molecule has 0 spiro atoms. The molecule has 6 nitrogen and oxygen atoms in total. The molecule has 2 N–H and O–H groups in total. The second kappa shape index (κ2) is 7.93. The Labute approximate surface area is 135 Å². The molecule has 0 radical (unpaired) electrons.